The minimum atomic E-state index is -2.68. The predicted octanol–water partition coefficient (Wildman–Crippen LogP) is 0.932. The van der Waals surface area contributed by atoms with Gasteiger partial charge in [0.25, 0.3) is 0 Å². The number of hydrogen-bond donors (Lipinski definition) is 3. The fourth-order valence-electron chi connectivity index (χ4n) is 3.59. The molecule has 2 aromatic heterocycles. The zero-order chi connectivity index (χ0) is 26.6. The number of carbonyl (C=O) groups is 2. The maximum absolute atomic E-state index is 12.5. The number of carbonyl (C=O) groups excluding carboxylic acids is 2. The highest BCUT2D eigenvalue weighted by Gasteiger charge is 2.60. The Balaban J connectivity index is 1.84. The summed E-state index contributed by atoms with van der Waals surface area (Å²) in [5.74, 6) is -1.15. The van der Waals surface area contributed by atoms with Crippen molar-refractivity contribution in [2.45, 2.75) is 70.2 Å². The van der Waals surface area contributed by atoms with Crippen molar-refractivity contribution in [2.75, 3.05) is 12.3 Å². The fourth-order valence-corrected chi connectivity index (χ4v) is 4.39. The van der Waals surface area contributed by atoms with Gasteiger partial charge in [0, 0.05) is 6.42 Å². The Bertz CT molecular complexity index is 1180. The minimum Gasteiger partial charge on any atom is -0.462 e. The van der Waals surface area contributed by atoms with E-state index in [1.54, 1.807) is 32.9 Å². The number of nitrogen functional groups attached to an aromatic ring is 1. The van der Waals surface area contributed by atoms with E-state index in [0.29, 0.717) is 11.2 Å². The Morgan fingerprint density at radius 1 is 1.42 bits per heavy atom. The monoisotopic (exact) mass is 523 g/mol. The largest absolute Gasteiger partial charge is 0.613 e. The second-order valence-corrected chi connectivity index (χ2v) is 9.39. The molecule has 15 heteroatoms. The number of aliphatic hydroxyl groups excluding tert-OH is 1. The molecule has 0 aromatic carbocycles. The van der Waals surface area contributed by atoms with Gasteiger partial charge in [0.2, 0.25) is 5.60 Å². The third kappa shape index (κ3) is 5.61. The molecule has 0 aliphatic carbocycles. The molecule has 2 aromatic rings. The maximum Gasteiger partial charge on any atom is 0.613 e. The van der Waals surface area contributed by atoms with Crippen molar-refractivity contribution in [3.63, 3.8) is 0 Å². The van der Waals surface area contributed by atoms with Gasteiger partial charge in [-0.25, -0.2) is 9.50 Å². The lowest BCUT2D eigenvalue weighted by Crippen LogP contribution is -2.48. The van der Waals surface area contributed by atoms with Crippen molar-refractivity contribution in [3.8, 4) is 6.07 Å². The molecule has 1 fully saturated rings. The average molecular weight is 523 g/mol. The van der Waals surface area contributed by atoms with Gasteiger partial charge in [-0.1, -0.05) is 12.0 Å². The number of nitriles is 1. The maximum atomic E-state index is 12.5. The van der Waals surface area contributed by atoms with Gasteiger partial charge in [-0.15, -0.1) is 4.52 Å². The van der Waals surface area contributed by atoms with E-state index in [0.717, 1.165) is 0 Å². The van der Waals surface area contributed by atoms with E-state index in [2.05, 4.69) is 15.2 Å². The first kappa shape index (κ1) is 27.4. The van der Waals surface area contributed by atoms with Crippen LogP contribution in [-0.4, -0.2) is 68.2 Å². The van der Waals surface area contributed by atoms with Gasteiger partial charge in [0.1, 0.15) is 36.2 Å². The van der Waals surface area contributed by atoms with Gasteiger partial charge in [0.15, 0.2) is 18.5 Å². The van der Waals surface area contributed by atoms with Gasteiger partial charge in [-0.3, -0.25) is 9.59 Å². The Hall–Kier alpha value is -3.21. The van der Waals surface area contributed by atoms with Gasteiger partial charge >= 0.3 is 20.1 Å². The lowest BCUT2D eigenvalue weighted by molar-refractivity contribution is -0.160. The summed E-state index contributed by atoms with van der Waals surface area (Å²) in [5.41, 5.74) is 4.59. The van der Waals surface area contributed by atoms with E-state index < -0.39 is 56.7 Å². The third-order valence-corrected chi connectivity index (χ3v) is 6.32. The van der Waals surface area contributed by atoms with Gasteiger partial charge < -0.3 is 25.1 Å². The molecule has 0 spiro atoms. The van der Waals surface area contributed by atoms with Crippen LogP contribution in [0.3, 0.4) is 0 Å². The van der Waals surface area contributed by atoms with E-state index in [4.69, 9.17) is 24.5 Å². The fraction of sp³-hybridized carbons (Fsp3) is 0.571. The first-order chi connectivity index (χ1) is 17.0. The summed E-state index contributed by atoms with van der Waals surface area (Å²) >= 11 is 0. The summed E-state index contributed by atoms with van der Waals surface area (Å²) in [6.45, 7) is 5.66. The van der Waals surface area contributed by atoms with Gasteiger partial charge in [-0.2, -0.15) is 10.4 Å². The smallest absolute Gasteiger partial charge is 0.462 e. The number of nitrogens with two attached hydrogens (primary N) is 1. The number of ether oxygens (including phenoxy) is 3. The lowest BCUT2D eigenvalue weighted by Gasteiger charge is -2.25. The van der Waals surface area contributed by atoms with Crippen LogP contribution in [-0.2, 0) is 32.9 Å². The predicted molar refractivity (Wildman–Crippen MR) is 123 cm³/mol. The number of fused-ring (bicyclic) bond motifs is 1. The van der Waals surface area contributed by atoms with E-state index >= 15 is 0 Å². The van der Waals surface area contributed by atoms with E-state index in [1.807, 2.05) is 6.07 Å². The van der Waals surface area contributed by atoms with Crippen molar-refractivity contribution in [1.29, 1.82) is 5.26 Å². The zero-order valence-corrected chi connectivity index (χ0v) is 21.0. The second-order valence-electron chi connectivity index (χ2n) is 8.36. The summed E-state index contributed by atoms with van der Waals surface area (Å²) < 4.78 is 35.5. The molecule has 14 nitrogen and oxygen atoms in total. The molecule has 36 heavy (non-hydrogen) atoms. The van der Waals surface area contributed by atoms with Crippen LogP contribution in [0.25, 0.3) is 5.52 Å². The Labute approximate surface area is 207 Å². The van der Waals surface area contributed by atoms with E-state index in [-0.39, 0.29) is 18.3 Å². The van der Waals surface area contributed by atoms with E-state index in [1.165, 1.54) is 17.8 Å². The first-order valence-corrected chi connectivity index (χ1v) is 12.3. The molecule has 4 N–H and O–H groups in total. The van der Waals surface area contributed by atoms with Crippen LogP contribution in [0, 0.1) is 11.3 Å². The topological polar surface area (TPSA) is 200 Å². The summed E-state index contributed by atoms with van der Waals surface area (Å²) in [5, 5.41) is 27.7. The SMILES string of the molecule is CCC(=O)O[C@H]1[C@@H](O)[C@H](c2ccc3c(N)ncnn23)O[C@]1(C#N)CO[P+](=O)N[C@@H](C)C(=O)OC(C)C. The number of anilines is 1. The van der Waals surface area contributed by atoms with Crippen LogP contribution in [0.5, 0.6) is 0 Å². The Kier molecular flexibility index (Phi) is 8.55. The molecule has 1 aliphatic rings. The summed E-state index contributed by atoms with van der Waals surface area (Å²) in [4.78, 5) is 28.0. The molecule has 194 valence electrons. The van der Waals surface area contributed by atoms with Crippen molar-refractivity contribution in [2.24, 2.45) is 0 Å². The van der Waals surface area contributed by atoms with Crippen LogP contribution >= 0.6 is 8.18 Å². The normalized spacial score (nSPS) is 24.9. The second kappa shape index (κ2) is 11.2. The number of hydrogen-bond acceptors (Lipinski definition) is 12. The zero-order valence-electron chi connectivity index (χ0n) is 20.2. The molecule has 0 bridgehead atoms. The Morgan fingerprint density at radius 3 is 2.78 bits per heavy atom. The van der Waals surface area contributed by atoms with Gasteiger partial charge in [-0.05, 0) is 37.5 Å². The van der Waals surface area contributed by atoms with Crippen molar-refractivity contribution in [1.82, 2.24) is 19.7 Å². The van der Waals surface area contributed by atoms with Crippen LogP contribution in [0.1, 0.15) is 45.9 Å². The molecular formula is C21H28N6O8P+. The standard InChI is InChI=1S/C21H28N6O8P/c1-5-15(28)34-18-16(29)17(13-6-7-14-19(23)24-10-25-27(13)14)35-21(18,8-22)9-32-36(31)26-12(4)20(30)33-11(2)3/h6-7,10-12,16-18,29H,5,9H2,1-4H3,(H,26,31)(H2,23,24,25)/q+1/t12-,16-,17-,18-,21+/m0/s1. The highest BCUT2D eigenvalue weighted by atomic mass is 31.1. The lowest BCUT2D eigenvalue weighted by atomic mass is 9.96. The molecule has 6 atom stereocenters. The molecule has 0 radical (unpaired) electrons. The van der Waals surface area contributed by atoms with Crippen molar-refractivity contribution >= 4 is 31.5 Å². The quantitative estimate of drug-likeness (QED) is 0.294. The molecule has 3 rings (SSSR count). The third-order valence-electron chi connectivity index (χ3n) is 5.36. The van der Waals surface area contributed by atoms with Crippen LogP contribution < -0.4 is 10.8 Å². The molecule has 1 aliphatic heterocycles. The van der Waals surface area contributed by atoms with E-state index in [9.17, 15) is 24.5 Å². The summed E-state index contributed by atoms with van der Waals surface area (Å²) in [7, 11) is -2.68. The molecule has 1 saturated heterocycles. The number of aromatic nitrogens is 3. The molecule has 3 heterocycles. The Morgan fingerprint density at radius 2 is 2.14 bits per heavy atom. The number of nitrogens with one attached hydrogen (secondary N) is 1. The average Bonchev–Trinajstić information content (AvgIpc) is 3.38. The molecule has 0 saturated carbocycles. The van der Waals surface area contributed by atoms with Crippen LogP contribution in [0.2, 0.25) is 0 Å². The molecular weight excluding hydrogens is 495 g/mol. The number of nitrogens with zero attached hydrogens (tertiary/aromatic N) is 4. The minimum absolute atomic E-state index is 0.0284. The highest BCUT2D eigenvalue weighted by Crippen LogP contribution is 2.43. The number of esters is 2. The first-order valence-electron chi connectivity index (χ1n) is 11.1. The highest BCUT2D eigenvalue weighted by molar-refractivity contribution is 7.36. The summed E-state index contributed by atoms with van der Waals surface area (Å²) in [6.07, 6.45) is -3.37. The number of rotatable bonds is 10. The van der Waals surface area contributed by atoms with Crippen molar-refractivity contribution in [3.05, 3.63) is 24.2 Å². The summed E-state index contributed by atoms with van der Waals surface area (Å²) in [6, 6.07) is 4.11. The van der Waals surface area contributed by atoms with Crippen molar-refractivity contribution < 1.29 is 38.0 Å². The molecule has 0 amide bonds. The van der Waals surface area contributed by atoms with Crippen LogP contribution in [0.4, 0.5) is 5.82 Å². The van der Waals surface area contributed by atoms with Crippen LogP contribution in [0.15, 0.2) is 18.5 Å². The van der Waals surface area contributed by atoms with Gasteiger partial charge in [0.05, 0.1) is 11.8 Å². The molecule has 1 unspecified atom stereocenters. The number of aliphatic hydroxyl groups is 1.